The fourth-order valence-electron chi connectivity index (χ4n) is 1.95. The Labute approximate surface area is 118 Å². The lowest BCUT2D eigenvalue weighted by Crippen LogP contribution is -2.38. The molecule has 1 aliphatic heterocycles. The van der Waals surface area contributed by atoms with Crippen molar-refractivity contribution in [1.29, 1.82) is 0 Å². The maximum Gasteiger partial charge on any atom is 0.165 e. The van der Waals surface area contributed by atoms with E-state index in [2.05, 4.69) is 16.7 Å². The molecule has 2 rings (SSSR count). The molecular formula is C15H19FN2O2. The van der Waals surface area contributed by atoms with Crippen LogP contribution in [0, 0.1) is 17.7 Å². The molecule has 1 aromatic rings. The number of hydrogen-bond acceptors (Lipinski definition) is 4. The van der Waals surface area contributed by atoms with E-state index in [0.717, 1.165) is 32.8 Å². The minimum atomic E-state index is -0.370. The molecule has 1 fully saturated rings. The monoisotopic (exact) mass is 278 g/mol. The Bertz CT molecular complexity index is 490. The number of hydrogen-bond donors (Lipinski definition) is 1. The highest BCUT2D eigenvalue weighted by Gasteiger charge is 2.10. The summed E-state index contributed by atoms with van der Waals surface area (Å²) in [6, 6.07) is 4.59. The summed E-state index contributed by atoms with van der Waals surface area (Å²) in [6.45, 7) is 4.79. The highest BCUT2D eigenvalue weighted by Crippen LogP contribution is 2.18. The number of nitrogens with zero attached hydrogens (tertiary/aromatic N) is 1. The number of halogens is 1. The van der Waals surface area contributed by atoms with E-state index >= 15 is 0 Å². The third kappa shape index (κ3) is 4.49. The van der Waals surface area contributed by atoms with Gasteiger partial charge in [-0.15, -0.1) is 0 Å². The molecule has 0 saturated carbocycles. The Morgan fingerprint density at radius 2 is 2.15 bits per heavy atom. The van der Waals surface area contributed by atoms with Crippen molar-refractivity contribution in [3.05, 3.63) is 29.6 Å². The predicted molar refractivity (Wildman–Crippen MR) is 75.1 cm³/mol. The second-order valence-corrected chi connectivity index (χ2v) is 4.45. The zero-order valence-electron chi connectivity index (χ0n) is 11.4. The highest BCUT2D eigenvalue weighted by molar-refractivity contribution is 5.40. The number of ether oxygens (including phenoxy) is 2. The first-order chi connectivity index (χ1) is 9.79. The van der Waals surface area contributed by atoms with Gasteiger partial charge in [0.15, 0.2) is 11.6 Å². The van der Waals surface area contributed by atoms with Crippen LogP contribution in [0.4, 0.5) is 4.39 Å². The molecule has 1 aromatic carbocycles. The molecule has 2 N–H and O–H groups in total. The summed E-state index contributed by atoms with van der Waals surface area (Å²) in [6.07, 6.45) is 0. The molecule has 5 heteroatoms. The SMILES string of the molecule is NCC#Cc1ccc(F)c(OCCN2CCOCC2)c1. The summed E-state index contributed by atoms with van der Waals surface area (Å²) in [7, 11) is 0. The lowest BCUT2D eigenvalue weighted by Gasteiger charge is -2.26. The summed E-state index contributed by atoms with van der Waals surface area (Å²) in [5.41, 5.74) is 6.02. The van der Waals surface area contributed by atoms with Gasteiger partial charge in [0.25, 0.3) is 0 Å². The highest BCUT2D eigenvalue weighted by atomic mass is 19.1. The van der Waals surface area contributed by atoms with E-state index in [9.17, 15) is 4.39 Å². The van der Waals surface area contributed by atoms with Crippen LogP contribution in [0.5, 0.6) is 5.75 Å². The molecular weight excluding hydrogens is 259 g/mol. The van der Waals surface area contributed by atoms with Gasteiger partial charge in [-0.05, 0) is 18.2 Å². The summed E-state index contributed by atoms with van der Waals surface area (Å²) >= 11 is 0. The van der Waals surface area contributed by atoms with Crippen LogP contribution in [0.3, 0.4) is 0 Å². The molecule has 1 saturated heterocycles. The van der Waals surface area contributed by atoms with Crippen molar-refractivity contribution in [2.75, 3.05) is 46.0 Å². The molecule has 0 amide bonds. The van der Waals surface area contributed by atoms with E-state index in [-0.39, 0.29) is 18.1 Å². The van der Waals surface area contributed by atoms with E-state index < -0.39 is 0 Å². The van der Waals surface area contributed by atoms with Crippen LogP contribution in [0.15, 0.2) is 18.2 Å². The first-order valence-corrected chi connectivity index (χ1v) is 6.71. The maximum absolute atomic E-state index is 13.6. The number of morpholine rings is 1. The summed E-state index contributed by atoms with van der Waals surface area (Å²) in [4.78, 5) is 2.24. The Kier molecular flexibility index (Phi) is 5.81. The minimum Gasteiger partial charge on any atom is -0.489 e. The normalized spacial score (nSPS) is 15.5. The first-order valence-electron chi connectivity index (χ1n) is 6.71. The Hall–Kier alpha value is -1.61. The van der Waals surface area contributed by atoms with Gasteiger partial charge in [-0.3, -0.25) is 4.90 Å². The molecule has 20 heavy (non-hydrogen) atoms. The zero-order valence-corrected chi connectivity index (χ0v) is 11.4. The number of benzene rings is 1. The van der Waals surface area contributed by atoms with Crippen LogP contribution < -0.4 is 10.5 Å². The fraction of sp³-hybridized carbons (Fsp3) is 0.467. The second-order valence-electron chi connectivity index (χ2n) is 4.45. The molecule has 4 nitrogen and oxygen atoms in total. The van der Waals surface area contributed by atoms with Gasteiger partial charge >= 0.3 is 0 Å². The van der Waals surface area contributed by atoms with Gasteiger partial charge in [-0.25, -0.2) is 4.39 Å². The molecule has 1 heterocycles. The fourth-order valence-corrected chi connectivity index (χ4v) is 1.95. The van der Waals surface area contributed by atoms with Crippen molar-refractivity contribution < 1.29 is 13.9 Å². The van der Waals surface area contributed by atoms with Crippen molar-refractivity contribution in [3.8, 4) is 17.6 Å². The average Bonchev–Trinajstić information content (AvgIpc) is 2.49. The van der Waals surface area contributed by atoms with Crippen molar-refractivity contribution in [2.45, 2.75) is 0 Å². The Balaban J connectivity index is 1.87. The van der Waals surface area contributed by atoms with Gasteiger partial charge < -0.3 is 15.2 Å². The summed E-state index contributed by atoms with van der Waals surface area (Å²) in [5, 5.41) is 0. The number of nitrogens with two attached hydrogens (primary N) is 1. The van der Waals surface area contributed by atoms with Crippen molar-refractivity contribution in [1.82, 2.24) is 4.90 Å². The zero-order chi connectivity index (χ0) is 14.2. The smallest absolute Gasteiger partial charge is 0.165 e. The van der Waals surface area contributed by atoms with E-state index in [1.54, 1.807) is 12.1 Å². The third-order valence-corrected chi connectivity index (χ3v) is 3.03. The van der Waals surface area contributed by atoms with E-state index in [4.69, 9.17) is 15.2 Å². The maximum atomic E-state index is 13.6. The van der Waals surface area contributed by atoms with Gasteiger partial charge in [0, 0.05) is 25.2 Å². The van der Waals surface area contributed by atoms with Crippen molar-refractivity contribution in [2.24, 2.45) is 5.73 Å². The van der Waals surface area contributed by atoms with Crippen LogP contribution >= 0.6 is 0 Å². The van der Waals surface area contributed by atoms with Gasteiger partial charge in [-0.2, -0.15) is 0 Å². The Morgan fingerprint density at radius 3 is 2.90 bits per heavy atom. The van der Waals surface area contributed by atoms with Crippen LogP contribution in [0.1, 0.15) is 5.56 Å². The topological polar surface area (TPSA) is 47.7 Å². The minimum absolute atomic E-state index is 0.238. The van der Waals surface area contributed by atoms with Gasteiger partial charge in [0.1, 0.15) is 6.61 Å². The Morgan fingerprint density at radius 1 is 1.35 bits per heavy atom. The molecule has 108 valence electrons. The van der Waals surface area contributed by atoms with Crippen LogP contribution in [-0.4, -0.2) is 50.9 Å². The first kappa shape index (κ1) is 14.8. The van der Waals surface area contributed by atoms with Gasteiger partial charge in [-0.1, -0.05) is 11.8 Å². The quantitative estimate of drug-likeness (QED) is 0.829. The van der Waals surface area contributed by atoms with Crippen LogP contribution in [0.2, 0.25) is 0 Å². The van der Waals surface area contributed by atoms with Crippen LogP contribution in [0.25, 0.3) is 0 Å². The second kappa shape index (κ2) is 7.85. The van der Waals surface area contributed by atoms with E-state index in [1.165, 1.54) is 6.07 Å². The predicted octanol–water partition coefficient (Wildman–Crippen LogP) is 0.847. The lowest BCUT2D eigenvalue weighted by atomic mass is 10.2. The van der Waals surface area contributed by atoms with Crippen LogP contribution in [-0.2, 0) is 4.74 Å². The molecule has 0 aliphatic carbocycles. The van der Waals surface area contributed by atoms with E-state index in [0.29, 0.717) is 12.2 Å². The summed E-state index contributed by atoms with van der Waals surface area (Å²) in [5.74, 6) is 5.47. The standard InChI is InChI=1S/C15H19FN2O2/c16-14-4-3-13(2-1-5-17)12-15(14)20-11-8-18-6-9-19-10-7-18/h3-4,12H,5-11,17H2. The molecule has 0 aromatic heterocycles. The molecule has 1 aliphatic rings. The molecule has 0 bridgehead atoms. The van der Waals surface area contributed by atoms with Crippen molar-refractivity contribution >= 4 is 0 Å². The van der Waals surface area contributed by atoms with Crippen molar-refractivity contribution in [3.63, 3.8) is 0 Å². The molecule has 0 unspecified atom stereocenters. The molecule has 0 spiro atoms. The third-order valence-electron chi connectivity index (χ3n) is 3.03. The lowest BCUT2D eigenvalue weighted by molar-refractivity contribution is 0.0320. The molecule has 0 atom stereocenters. The van der Waals surface area contributed by atoms with E-state index in [1.807, 2.05) is 0 Å². The largest absolute Gasteiger partial charge is 0.489 e. The average molecular weight is 278 g/mol. The number of rotatable bonds is 4. The van der Waals surface area contributed by atoms with Gasteiger partial charge in [0.2, 0.25) is 0 Å². The molecule has 0 radical (unpaired) electrons. The van der Waals surface area contributed by atoms with Gasteiger partial charge in [0.05, 0.1) is 19.8 Å². The summed E-state index contributed by atoms with van der Waals surface area (Å²) < 4.78 is 24.4.